The molecule has 1 rings (SSSR count). The second-order valence-corrected chi connectivity index (χ2v) is 4.46. The van der Waals surface area contributed by atoms with Gasteiger partial charge in [-0.3, -0.25) is 4.79 Å². The fraction of sp³-hybridized carbons (Fsp3) is 0.500. The molecule has 0 saturated carbocycles. The number of hydrogen-bond acceptors (Lipinski definition) is 3. The number of methoxy groups -OCH3 is 1. The Kier molecular flexibility index (Phi) is 5.65. The predicted molar refractivity (Wildman–Crippen MR) is 72.5 cm³/mol. The van der Waals surface area contributed by atoms with E-state index in [0.717, 1.165) is 17.7 Å². The third-order valence-corrected chi connectivity index (χ3v) is 2.74. The first-order valence-corrected chi connectivity index (χ1v) is 6.24. The third-order valence-electron chi connectivity index (χ3n) is 2.74. The van der Waals surface area contributed by atoms with Crippen LogP contribution in [-0.2, 0) is 17.8 Å². The summed E-state index contributed by atoms with van der Waals surface area (Å²) in [5.74, 6) is 0.766. The van der Waals surface area contributed by atoms with Crippen molar-refractivity contribution in [2.24, 2.45) is 5.73 Å². The van der Waals surface area contributed by atoms with Gasteiger partial charge < -0.3 is 15.8 Å². The Morgan fingerprint density at radius 2 is 2.22 bits per heavy atom. The van der Waals surface area contributed by atoms with E-state index < -0.39 is 0 Å². The molecule has 4 heteroatoms. The molecular weight excluding hydrogens is 228 g/mol. The van der Waals surface area contributed by atoms with E-state index in [1.54, 1.807) is 7.11 Å². The van der Waals surface area contributed by atoms with Crippen LogP contribution in [-0.4, -0.2) is 19.1 Å². The molecule has 0 bridgehead atoms. The van der Waals surface area contributed by atoms with E-state index in [1.165, 1.54) is 5.56 Å². The summed E-state index contributed by atoms with van der Waals surface area (Å²) in [7, 11) is 1.63. The van der Waals surface area contributed by atoms with Crippen LogP contribution in [0.25, 0.3) is 0 Å². The molecule has 0 spiro atoms. The summed E-state index contributed by atoms with van der Waals surface area (Å²) < 4.78 is 5.28. The summed E-state index contributed by atoms with van der Waals surface area (Å²) in [6, 6.07) is 5.91. The Labute approximate surface area is 109 Å². The molecule has 0 aromatic heterocycles. The molecule has 0 aliphatic rings. The number of ether oxygens (including phenoxy) is 1. The largest absolute Gasteiger partial charge is 0.496 e. The van der Waals surface area contributed by atoms with Crippen LogP contribution in [0.4, 0.5) is 0 Å². The highest BCUT2D eigenvalue weighted by atomic mass is 16.5. The minimum absolute atomic E-state index is 0.0334. The van der Waals surface area contributed by atoms with Crippen molar-refractivity contribution < 1.29 is 9.53 Å². The van der Waals surface area contributed by atoms with Gasteiger partial charge >= 0.3 is 0 Å². The highest BCUT2D eigenvalue weighted by molar-refractivity contribution is 5.76. The zero-order valence-electron chi connectivity index (χ0n) is 11.3. The van der Waals surface area contributed by atoms with Gasteiger partial charge in [0.2, 0.25) is 5.91 Å². The van der Waals surface area contributed by atoms with Crippen LogP contribution in [0.15, 0.2) is 18.2 Å². The second-order valence-electron chi connectivity index (χ2n) is 4.46. The maximum absolute atomic E-state index is 11.5. The lowest BCUT2D eigenvalue weighted by atomic mass is 10.1. The summed E-state index contributed by atoms with van der Waals surface area (Å²) in [5, 5.41) is 2.86. The Balaban J connectivity index is 2.67. The lowest BCUT2D eigenvalue weighted by molar-refractivity contribution is -0.121. The van der Waals surface area contributed by atoms with E-state index in [-0.39, 0.29) is 11.9 Å². The molecule has 0 heterocycles. The molecule has 1 aromatic carbocycles. The lowest BCUT2D eigenvalue weighted by Crippen LogP contribution is -2.29. The average Bonchev–Trinajstić information content (AvgIpc) is 2.35. The lowest BCUT2D eigenvalue weighted by Gasteiger charge is -2.12. The number of amides is 1. The molecular formula is C14H22N2O2. The van der Waals surface area contributed by atoms with E-state index in [1.807, 2.05) is 19.1 Å². The topological polar surface area (TPSA) is 64.3 Å². The Morgan fingerprint density at radius 3 is 2.78 bits per heavy atom. The van der Waals surface area contributed by atoms with E-state index in [0.29, 0.717) is 13.0 Å². The quantitative estimate of drug-likeness (QED) is 0.806. The molecule has 1 aromatic rings. The first-order chi connectivity index (χ1) is 8.56. The fourth-order valence-corrected chi connectivity index (χ4v) is 1.75. The van der Waals surface area contributed by atoms with Crippen LogP contribution in [0, 0.1) is 0 Å². The van der Waals surface area contributed by atoms with Crippen molar-refractivity contribution in [3.8, 4) is 5.75 Å². The highest BCUT2D eigenvalue weighted by Gasteiger charge is 2.08. The van der Waals surface area contributed by atoms with Crippen molar-refractivity contribution in [1.29, 1.82) is 0 Å². The van der Waals surface area contributed by atoms with Gasteiger partial charge in [0, 0.05) is 24.6 Å². The minimum atomic E-state index is -0.117. The predicted octanol–water partition coefficient (Wildman–Crippen LogP) is 1.61. The van der Waals surface area contributed by atoms with Crippen LogP contribution < -0.4 is 15.8 Å². The molecule has 0 aliphatic carbocycles. The SMILES string of the molecule is CCc1ccc(OC)c(CNC(=O)CC(C)N)c1. The van der Waals surface area contributed by atoms with E-state index in [9.17, 15) is 4.79 Å². The van der Waals surface area contributed by atoms with Crippen LogP contribution in [0.2, 0.25) is 0 Å². The molecule has 0 fully saturated rings. The number of rotatable bonds is 6. The van der Waals surface area contributed by atoms with Gasteiger partial charge in [-0.25, -0.2) is 0 Å². The van der Waals surface area contributed by atoms with Gasteiger partial charge in [-0.1, -0.05) is 19.1 Å². The Bertz CT molecular complexity index is 403. The van der Waals surface area contributed by atoms with Crippen molar-refractivity contribution >= 4 is 5.91 Å². The molecule has 100 valence electrons. The smallest absolute Gasteiger partial charge is 0.221 e. The molecule has 18 heavy (non-hydrogen) atoms. The van der Waals surface area contributed by atoms with Gasteiger partial charge in [0.15, 0.2) is 0 Å². The number of nitrogens with one attached hydrogen (secondary N) is 1. The number of benzene rings is 1. The van der Waals surface area contributed by atoms with Crippen molar-refractivity contribution in [1.82, 2.24) is 5.32 Å². The van der Waals surface area contributed by atoms with E-state index >= 15 is 0 Å². The zero-order valence-corrected chi connectivity index (χ0v) is 11.3. The van der Waals surface area contributed by atoms with Crippen molar-refractivity contribution in [3.63, 3.8) is 0 Å². The number of carbonyl (C=O) groups is 1. The number of hydrogen-bond donors (Lipinski definition) is 2. The zero-order chi connectivity index (χ0) is 13.5. The van der Waals surface area contributed by atoms with Crippen molar-refractivity contribution in [2.75, 3.05) is 7.11 Å². The third kappa shape index (κ3) is 4.37. The number of aryl methyl sites for hydroxylation is 1. The summed E-state index contributed by atoms with van der Waals surface area (Å²) in [4.78, 5) is 11.5. The summed E-state index contributed by atoms with van der Waals surface area (Å²) in [5.41, 5.74) is 7.80. The summed E-state index contributed by atoms with van der Waals surface area (Å²) >= 11 is 0. The van der Waals surface area contributed by atoms with Crippen LogP contribution in [0.1, 0.15) is 31.4 Å². The molecule has 0 saturated heterocycles. The van der Waals surface area contributed by atoms with Crippen LogP contribution in [0.3, 0.4) is 0 Å². The summed E-state index contributed by atoms with van der Waals surface area (Å²) in [6.45, 7) is 4.39. The van der Waals surface area contributed by atoms with E-state index in [4.69, 9.17) is 10.5 Å². The summed E-state index contributed by atoms with van der Waals surface area (Å²) in [6.07, 6.45) is 1.31. The Morgan fingerprint density at radius 1 is 1.50 bits per heavy atom. The first-order valence-electron chi connectivity index (χ1n) is 6.24. The molecule has 1 unspecified atom stereocenters. The van der Waals surface area contributed by atoms with Gasteiger partial charge in [-0.2, -0.15) is 0 Å². The molecule has 3 N–H and O–H groups in total. The average molecular weight is 250 g/mol. The number of carbonyl (C=O) groups excluding carboxylic acids is 1. The second kappa shape index (κ2) is 7.01. The Hall–Kier alpha value is -1.55. The van der Waals surface area contributed by atoms with E-state index in [2.05, 4.69) is 18.3 Å². The minimum Gasteiger partial charge on any atom is -0.496 e. The first kappa shape index (κ1) is 14.5. The van der Waals surface area contributed by atoms with Gasteiger partial charge in [0.1, 0.15) is 5.75 Å². The molecule has 1 atom stereocenters. The van der Waals surface area contributed by atoms with Gasteiger partial charge in [0.05, 0.1) is 7.11 Å². The maximum Gasteiger partial charge on any atom is 0.221 e. The monoisotopic (exact) mass is 250 g/mol. The van der Waals surface area contributed by atoms with Gasteiger partial charge in [-0.15, -0.1) is 0 Å². The molecule has 0 aliphatic heterocycles. The van der Waals surface area contributed by atoms with Crippen LogP contribution in [0.5, 0.6) is 5.75 Å². The van der Waals surface area contributed by atoms with Gasteiger partial charge in [-0.05, 0) is 25.0 Å². The maximum atomic E-state index is 11.5. The number of nitrogens with two attached hydrogens (primary N) is 1. The van der Waals surface area contributed by atoms with Crippen molar-refractivity contribution in [2.45, 2.75) is 39.3 Å². The normalized spacial score (nSPS) is 12.0. The van der Waals surface area contributed by atoms with Crippen molar-refractivity contribution in [3.05, 3.63) is 29.3 Å². The molecule has 1 amide bonds. The molecule has 0 radical (unpaired) electrons. The standard InChI is InChI=1S/C14H22N2O2/c1-4-11-5-6-13(18-3)12(8-11)9-16-14(17)7-10(2)15/h5-6,8,10H,4,7,9,15H2,1-3H3,(H,16,17). The molecule has 4 nitrogen and oxygen atoms in total. The highest BCUT2D eigenvalue weighted by Crippen LogP contribution is 2.20. The fourth-order valence-electron chi connectivity index (χ4n) is 1.75. The van der Waals surface area contributed by atoms with Crippen LogP contribution >= 0.6 is 0 Å². The van der Waals surface area contributed by atoms with Gasteiger partial charge in [0.25, 0.3) is 0 Å².